The first-order valence-corrected chi connectivity index (χ1v) is 6.11. The average molecular weight is 344 g/mol. The molecule has 2 aromatic carbocycles. The van der Waals surface area contributed by atoms with Gasteiger partial charge in [-0.25, -0.2) is 4.39 Å². The van der Waals surface area contributed by atoms with Crippen LogP contribution in [0.1, 0.15) is 5.56 Å². The molecule has 0 fully saturated rings. The van der Waals surface area contributed by atoms with Crippen molar-refractivity contribution in [2.24, 2.45) is 0 Å². The highest BCUT2D eigenvalue weighted by Gasteiger charge is 2.10. The van der Waals surface area contributed by atoms with Crippen molar-refractivity contribution in [2.45, 2.75) is 6.61 Å². The first-order valence-electron chi connectivity index (χ1n) is 5.03. The molecule has 0 saturated heterocycles. The van der Waals surface area contributed by atoms with Crippen molar-refractivity contribution >= 4 is 22.6 Å². The van der Waals surface area contributed by atoms with E-state index in [2.05, 4.69) is 22.6 Å². The molecular weight excluding hydrogens is 334 g/mol. The number of hydrogen-bond donors (Lipinski definition) is 1. The lowest BCUT2D eigenvalue weighted by Crippen LogP contribution is -1.96. The summed E-state index contributed by atoms with van der Waals surface area (Å²) in [5.41, 5.74) is 0.173. The summed E-state index contributed by atoms with van der Waals surface area (Å²) in [6, 6.07) is 11.9. The summed E-state index contributed by atoms with van der Waals surface area (Å²) in [4.78, 5) is 0. The third-order valence-electron chi connectivity index (χ3n) is 2.29. The van der Waals surface area contributed by atoms with Crippen molar-refractivity contribution in [1.29, 1.82) is 0 Å². The Kier molecular flexibility index (Phi) is 3.96. The van der Waals surface area contributed by atoms with Crippen molar-refractivity contribution < 1.29 is 14.2 Å². The van der Waals surface area contributed by atoms with Gasteiger partial charge in [0.1, 0.15) is 17.3 Å². The maximum absolute atomic E-state index is 13.4. The Labute approximate surface area is 112 Å². The molecule has 0 bridgehead atoms. The van der Waals surface area contributed by atoms with Gasteiger partial charge < -0.3 is 9.84 Å². The van der Waals surface area contributed by atoms with Crippen LogP contribution in [0.15, 0.2) is 42.5 Å². The van der Waals surface area contributed by atoms with Gasteiger partial charge in [0, 0.05) is 0 Å². The minimum absolute atomic E-state index is 0.173. The fourth-order valence-electron chi connectivity index (χ4n) is 1.43. The minimum Gasteiger partial charge on any atom is -0.456 e. The maximum atomic E-state index is 13.4. The highest BCUT2D eigenvalue weighted by molar-refractivity contribution is 14.1. The Morgan fingerprint density at radius 2 is 1.76 bits per heavy atom. The van der Waals surface area contributed by atoms with Crippen LogP contribution in [-0.2, 0) is 6.61 Å². The van der Waals surface area contributed by atoms with E-state index in [1.807, 2.05) is 18.2 Å². The minimum atomic E-state index is -0.462. The summed E-state index contributed by atoms with van der Waals surface area (Å²) in [7, 11) is 0. The molecular formula is C13H10FIO2. The van der Waals surface area contributed by atoms with Gasteiger partial charge in [0.15, 0.2) is 0 Å². The molecule has 2 rings (SSSR count). The topological polar surface area (TPSA) is 29.5 Å². The van der Waals surface area contributed by atoms with Gasteiger partial charge in [0.25, 0.3) is 0 Å². The molecule has 0 saturated carbocycles. The molecule has 0 aromatic heterocycles. The standard InChI is InChI=1S/C13H10FIO2/c14-10-4-3-7-12(9(10)8-16)17-13-6-2-1-5-11(13)15/h1-7,16H,8H2. The molecule has 0 atom stereocenters. The van der Waals surface area contributed by atoms with E-state index in [-0.39, 0.29) is 12.2 Å². The van der Waals surface area contributed by atoms with E-state index in [0.717, 1.165) is 3.57 Å². The van der Waals surface area contributed by atoms with Crippen molar-refractivity contribution in [1.82, 2.24) is 0 Å². The molecule has 0 unspecified atom stereocenters. The molecule has 0 amide bonds. The molecule has 0 aliphatic heterocycles. The van der Waals surface area contributed by atoms with Gasteiger partial charge in [-0.1, -0.05) is 18.2 Å². The number of aliphatic hydroxyl groups excluding tert-OH is 1. The van der Waals surface area contributed by atoms with E-state index in [9.17, 15) is 4.39 Å². The molecule has 2 nitrogen and oxygen atoms in total. The van der Waals surface area contributed by atoms with Crippen molar-refractivity contribution in [3.05, 3.63) is 57.4 Å². The van der Waals surface area contributed by atoms with E-state index in [4.69, 9.17) is 9.84 Å². The molecule has 0 heterocycles. The third kappa shape index (κ3) is 2.76. The summed E-state index contributed by atoms with van der Waals surface area (Å²) in [5.74, 6) is 0.529. The third-order valence-corrected chi connectivity index (χ3v) is 3.18. The number of hydrogen-bond acceptors (Lipinski definition) is 2. The van der Waals surface area contributed by atoms with E-state index in [0.29, 0.717) is 11.5 Å². The van der Waals surface area contributed by atoms with Gasteiger partial charge in [0.05, 0.1) is 15.7 Å². The molecule has 0 aliphatic carbocycles. The zero-order chi connectivity index (χ0) is 12.3. The van der Waals surface area contributed by atoms with Gasteiger partial charge in [-0.2, -0.15) is 0 Å². The Morgan fingerprint density at radius 3 is 2.47 bits per heavy atom. The van der Waals surface area contributed by atoms with Gasteiger partial charge in [-0.15, -0.1) is 0 Å². The number of benzene rings is 2. The van der Waals surface area contributed by atoms with Gasteiger partial charge in [-0.3, -0.25) is 0 Å². The van der Waals surface area contributed by atoms with Crippen molar-refractivity contribution in [3.63, 3.8) is 0 Å². The number of rotatable bonds is 3. The van der Waals surface area contributed by atoms with E-state index in [1.165, 1.54) is 6.07 Å². The Bertz CT molecular complexity index is 529. The van der Waals surface area contributed by atoms with Crippen molar-refractivity contribution in [2.75, 3.05) is 0 Å². The second-order valence-corrected chi connectivity index (χ2v) is 4.57. The van der Waals surface area contributed by atoms with Gasteiger partial charge in [-0.05, 0) is 46.9 Å². The summed E-state index contributed by atoms with van der Waals surface area (Å²) < 4.78 is 19.9. The first-order chi connectivity index (χ1) is 8.22. The van der Waals surface area contributed by atoms with Crippen LogP contribution in [0.3, 0.4) is 0 Å². The SMILES string of the molecule is OCc1c(F)cccc1Oc1ccccc1I. The molecule has 17 heavy (non-hydrogen) atoms. The predicted molar refractivity (Wildman–Crippen MR) is 71.6 cm³/mol. The summed E-state index contributed by atoms with van der Waals surface area (Å²) in [6.45, 7) is -0.384. The summed E-state index contributed by atoms with van der Waals surface area (Å²) in [5, 5.41) is 9.12. The van der Waals surface area contributed by atoms with Crippen LogP contribution >= 0.6 is 22.6 Å². The Balaban J connectivity index is 2.37. The zero-order valence-corrected chi connectivity index (χ0v) is 11.0. The molecule has 2 aromatic rings. The molecule has 0 aliphatic rings. The van der Waals surface area contributed by atoms with Gasteiger partial charge in [0.2, 0.25) is 0 Å². The second-order valence-electron chi connectivity index (χ2n) is 3.41. The van der Waals surface area contributed by atoms with E-state index in [1.54, 1.807) is 18.2 Å². The number of para-hydroxylation sites is 1. The number of ether oxygens (including phenoxy) is 1. The largest absolute Gasteiger partial charge is 0.456 e. The van der Waals surface area contributed by atoms with Crippen LogP contribution in [0.25, 0.3) is 0 Å². The van der Waals surface area contributed by atoms with Crippen LogP contribution in [0.2, 0.25) is 0 Å². The van der Waals surface area contributed by atoms with Gasteiger partial charge >= 0.3 is 0 Å². The van der Waals surface area contributed by atoms with Crippen LogP contribution in [-0.4, -0.2) is 5.11 Å². The van der Waals surface area contributed by atoms with E-state index >= 15 is 0 Å². The van der Waals surface area contributed by atoms with Crippen LogP contribution in [0, 0.1) is 9.39 Å². The van der Waals surface area contributed by atoms with Crippen LogP contribution in [0.4, 0.5) is 4.39 Å². The zero-order valence-electron chi connectivity index (χ0n) is 8.86. The molecule has 1 N–H and O–H groups in total. The molecule has 88 valence electrons. The second kappa shape index (κ2) is 5.46. The molecule has 4 heteroatoms. The highest BCUT2D eigenvalue weighted by Crippen LogP contribution is 2.30. The lowest BCUT2D eigenvalue weighted by atomic mass is 10.2. The Hall–Kier alpha value is -1.14. The maximum Gasteiger partial charge on any atom is 0.140 e. The lowest BCUT2D eigenvalue weighted by molar-refractivity contribution is 0.270. The summed E-state index contributed by atoms with van der Waals surface area (Å²) >= 11 is 2.14. The normalized spacial score (nSPS) is 10.3. The fraction of sp³-hybridized carbons (Fsp3) is 0.0769. The summed E-state index contributed by atoms with van der Waals surface area (Å²) in [6.07, 6.45) is 0. The van der Waals surface area contributed by atoms with Crippen molar-refractivity contribution in [3.8, 4) is 11.5 Å². The lowest BCUT2D eigenvalue weighted by Gasteiger charge is -2.11. The van der Waals surface area contributed by atoms with Crippen LogP contribution in [0.5, 0.6) is 11.5 Å². The predicted octanol–water partition coefficient (Wildman–Crippen LogP) is 3.71. The highest BCUT2D eigenvalue weighted by atomic mass is 127. The quantitative estimate of drug-likeness (QED) is 0.861. The number of aliphatic hydroxyl groups is 1. The van der Waals surface area contributed by atoms with E-state index < -0.39 is 5.82 Å². The molecule has 0 spiro atoms. The molecule has 0 radical (unpaired) electrons. The average Bonchev–Trinajstić information content (AvgIpc) is 2.32. The smallest absolute Gasteiger partial charge is 0.140 e. The first kappa shape index (κ1) is 12.3. The fourth-order valence-corrected chi connectivity index (χ4v) is 1.93. The van der Waals surface area contributed by atoms with Crippen LogP contribution < -0.4 is 4.74 Å². The number of halogens is 2. The monoisotopic (exact) mass is 344 g/mol. The Morgan fingerprint density at radius 1 is 1.06 bits per heavy atom.